The van der Waals surface area contributed by atoms with Crippen LogP contribution in [0.3, 0.4) is 0 Å². The molecule has 2 aliphatic carbocycles. The molecular weight excluding hydrogens is 316 g/mol. The number of ketones is 1. The normalized spacial score (nSPS) is 30.6. The molecule has 0 aromatic heterocycles. The Bertz CT molecular complexity index is 657. The second-order valence-electron chi connectivity index (χ2n) is 7.72. The third-order valence-corrected chi connectivity index (χ3v) is 5.28. The summed E-state index contributed by atoms with van der Waals surface area (Å²) >= 11 is 0. The first-order valence-corrected chi connectivity index (χ1v) is 8.99. The van der Waals surface area contributed by atoms with Crippen LogP contribution in [0.1, 0.15) is 59.8 Å². The number of aliphatic hydroxyl groups is 3. The molecule has 0 fully saturated rings. The minimum absolute atomic E-state index is 0.129. The molecule has 3 N–H and O–H groups in total. The first kappa shape index (κ1) is 19.7. The lowest BCUT2D eigenvalue weighted by molar-refractivity contribution is -0.117. The second-order valence-corrected chi connectivity index (χ2v) is 7.72. The molecule has 2 rings (SSSR count). The number of aliphatic hydroxyl groups excluding tert-OH is 2. The molecule has 0 aliphatic heterocycles. The first-order chi connectivity index (χ1) is 11.6. The predicted octanol–water partition coefficient (Wildman–Crippen LogP) is 3.91. The third kappa shape index (κ3) is 4.50. The van der Waals surface area contributed by atoms with Gasteiger partial charge in [-0.1, -0.05) is 29.4 Å². The van der Waals surface area contributed by atoms with Gasteiger partial charge in [-0.2, -0.15) is 0 Å². The number of Topliss-reactive ketones (excluding diaryl/α,β-unsaturated/α-hetero) is 1. The average molecular weight is 346 g/mol. The van der Waals surface area contributed by atoms with Gasteiger partial charge >= 0.3 is 0 Å². The van der Waals surface area contributed by atoms with Gasteiger partial charge in [-0.05, 0) is 59.0 Å². The minimum Gasteiger partial charge on any atom is -0.509 e. The van der Waals surface area contributed by atoms with E-state index in [9.17, 15) is 20.1 Å². The highest BCUT2D eigenvalue weighted by Crippen LogP contribution is 2.43. The number of allylic oxidation sites excluding steroid dienone is 5. The van der Waals surface area contributed by atoms with Crippen LogP contribution in [-0.2, 0) is 4.79 Å². The number of carbonyl (C=O) groups excluding carboxylic acids is 1. The van der Waals surface area contributed by atoms with E-state index in [0.717, 1.165) is 17.6 Å². The van der Waals surface area contributed by atoms with Gasteiger partial charge in [0.05, 0.1) is 5.60 Å². The first-order valence-electron chi connectivity index (χ1n) is 8.99. The molecule has 0 heterocycles. The van der Waals surface area contributed by atoms with Crippen LogP contribution >= 0.6 is 0 Å². The molecule has 2 aliphatic rings. The van der Waals surface area contributed by atoms with Crippen molar-refractivity contribution in [1.29, 1.82) is 0 Å². The summed E-state index contributed by atoms with van der Waals surface area (Å²) < 4.78 is 0. The summed E-state index contributed by atoms with van der Waals surface area (Å²) in [6.07, 6.45) is 7.43. The average Bonchev–Trinajstić information content (AvgIpc) is 2.82. The largest absolute Gasteiger partial charge is 0.509 e. The van der Waals surface area contributed by atoms with E-state index in [1.165, 1.54) is 5.57 Å². The van der Waals surface area contributed by atoms with Crippen molar-refractivity contribution in [3.8, 4) is 0 Å². The summed E-state index contributed by atoms with van der Waals surface area (Å²) in [7, 11) is 0. The Kier molecular flexibility index (Phi) is 6.07. The van der Waals surface area contributed by atoms with Crippen molar-refractivity contribution in [3.63, 3.8) is 0 Å². The number of carbonyl (C=O) groups is 1. The molecule has 0 radical (unpaired) electrons. The van der Waals surface area contributed by atoms with Crippen molar-refractivity contribution in [3.05, 3.63) is 46.3 Å². The van der Waals surface area contributed by atoms with Gasteiger partial charge in [-0.3, -0.25) is 4.79 Å². The third-order valence-electron chi connectivity index (χ3n) is 5.28. The fraction of sp³-hybridized carbons (Fsp3) is 0.571. The van der Waals surface area contributed by atoms with Crippen LogP contribution in [-0.4, -0.2) is 32.8 Å². The molecule has 4 nitrogen and oxygen atoms in total. The molecule has 0 aromatic rings. The van der Waals surface area contributed by atoms with Gasteiger partial charge in [0, 0.05) is 17.9 Å². The van der Waals surface area contributed by atoms with Crippen molar-refractivity contribution >= 4 is 5.78 Å². The van der Waals surface area contributed by atoms with Crippen LogP contribution < -0.4 is 0 Å². The molecule has 0 aromatic carbocycles. The molecule has 0 saturated heterocycles. The summed E-state index contributed by atoms with van der Waals surface area (Å²) in [5.41, 5.74) is 2.68. The van der Waals surface area contributed by atoms with E-state index in [2.05, 4.69) is 26.0 Å². The molecule has 3 atom stereocenters. The number of rotatable bonds is 5. The van der Waals surface area contributed by atoms with Gasteiger partial charge < -0.3 is 15.3 Å². The summed E-state index contributed by atoms with van der Waals surface area (Å²) in [6.45, 7) is 7.90. The Labute approximate surface area is 150 Å². The van der Waals surface area contributed by atoms with Crippen LogP contribution in [0.25, 0.3) is 0 Å². The number of hydrogen-bond donors (Lipinski definition) is 3. The molecule has 0 amide bonds. The quantitative estimate of drug-likeness (QED) is 0.660. The van der Waals surface area contributed by atoms with Gasteiger partial charge in [0.1, 0.15) is 11.9 Å². The fourth-order valence-corrected chi connectivity index (χ4v) is 3.61. The fourth-order valence-electron chi connectivity index (χ4n) is 3.61. The van der Waals surface area contributed by atoms with E-state index in [-0.39, 0.29) is 42.3 Å². The zero-order valence-electron chi connectivity index (χ0n) is 15.7. The molecule has 0 unspecified atom stereocenters. The Morgan fingerprint density at radius 2 is 2.00 bits per heavy atom. The zero-order valence-corrected chi connectivity index (χ0v) is 15.7. The van der Waals surface area contributed by atoms with Crippen molar-refractivity contribution in [2.24, 2.45) is 5.92 Å². The summed E-state index contributed by atoms with van der Waals surface area (Å²) in [5.74, 6) is -0.609. The molecular formula is C21H30O4. The lowest BCUT2D eigenvalue weighted by Crippen LogP contribution is -2.34. The van der Waals surface area contributed by atoms with Crippen molar-refractivity contribution in [2.45, 2.75) is 71.5 Å². The van der Waals surface area contributed by atoms with Gasteiger partial charge in [0.15, 0.2) is 5.78 Å². The van der Waals surface area contributed by atoms with Crippen molar-refractivity contribution < 1.29 is 20.1 Å². The maximum atomic E-state index is 12.2. The molecule has 0 bridgehead atoms. The van der Waals surface area contributed by atoms with Crippen molar-refractivity contribution in [1.82, 2.24) is 0 Å². The molecule has 25 heavy (non-hydrogen) atoms. The van der Waals surface area contributed by atoms with Crippen LogP contribution in [0.5, 0.6) is 0 Å². The smallest absolute Gasteiger partial charge is 0.162 e. The van der Waals surface area contributed by atoms with Gasteiger partial charge in [-0.15, -0.1) is 0 Å². The molecule has 138 valence electrons. The standard InChI is InChI=1S/C21H30O4/c1-13(2)6-5-7-14(3)15-10-11-21(4,25)17(15)12-16-18(22)8-9-19(23)20(16)24/h6-7,10,17,19,23-25H,5,8-9,11-12H2,1-4H3/b14-7-/t17-,19+,21-/m0/s1. The predicted molar refractivity (Wildman–Crippen MR) is 99.1 cm³/mol. The summed E-state index contributed by atoms with van der Waals surface area (Å²) in [5, 5.41) is 30.8. The summed E-state index contributed by atoms with van der Waals surface area (Å²) in [4.78, 5) is 12.2. The molecule has 0 saturated carbocycles. The minimum atomic E-state index is -0.971. The van der Waals surface area contributed by atoms with Gasteiger partial charge in [-0.25, -0.2) is 0 Å². The van der Waals surface area contributed by atoms with E-state index in [0.29, 0.717) is 6.42 Å². The Hall–Kier alpha value is -1.65. The van der Waals surface area contributed by atoms with Gasteiger partial charge in [0.25, 0.3) is 0 Å². The Morgan fingerprint density at radius 1 is 1.32 bits per heavy atom. The van der Waals surface area contributed by atoms with Crippen molar-refractivity contribution in [2.75, 3.05) is 0 Å². The van der Waals surface area contributed by atoms with E-state index in [1.54, 1.807) is 6.92 Å². The molecule has 4 heteroatoms. The van der Waals surface area contributed by atoms with Crippen LogP contribution in [0.2, 0.25) is 0 Å². The van der Waals surface area contributed by atoms with Gasteiger partial charge in [0.2, 0.25) is 0 Å². The topological polar surface area (TPSA) is 77.8 Å². The SMILES string of the molecule is CC(C)=CC/C=C(/C)C1=CC[C@](C)(O)[C@H]1CC1=C(O)[C@H](O)CCC1=O. The van der Waals surface area contributed by atoms with E-state index < -0.39 is 11.7 Å². The monoisotopic (exact) mass is 346 g/mol. The second kappa shape index (κ2) is 7.71. The maximum Gasteiger partial charge on any atom is 0.162 e. The van der Waals surface area contributed by atoms with E-state index >= 15 is 0 Å². The lowest BCUT2D eigenvalue weighted by atomic mass is 9.78. The zero-order chi connectivity index (χ0) is 18.8. The Balaban J connectivity index is 2.27. The van der Waals surface area contributed by atoms with Crippen LogP contribution in [0.15, 0.2) is 46.3 Å². The molecule has 0 spiro atoms. The Morgan fingerprint density at radius 3 is 2.64 bits per heavy atom. The van der Waals surface area contributed by atoms with Crippen LogP contribution in [0, 0.1) is 5.92 Å². The van der Waals surface area contributed by atoms with E-state index in [1.807, 2.05) is 13.0 Å². The highest BCUT2D eigenvalue weighted by atomic mass is 16.3. The van der Waals surface area contributed by atoms with E-state index in [4.69, 9.17) is 0 Å². The lowest BCUT2D eigenvalue weighted by Gasteiger charge is -2.31. The van der Waals surface area contributed by atoms with Crippen LogP contribution in [0.4, 0.5) is 0 Å². The maximum absolute atomic E-state index is 12.2. The highest BCUT2D eigenvalue weighted by molar-refractivity contribution is 5.97. The summed E-state index contributed by atoms with van der Waals surface area (Å²) in [6, 6.07) is 0. The number of hydrogen-bond acceptors (Lipinski definition) is 4. The highest BCUT2D eigenvalue weighted by Gasteiger charge is 2.41.